The van der Waals surface area contributed by atoms with Gasteiger partial charge in [-0.1, -0.05) is 12.8 Å². The molecule has 0 atom stereocenters. The highest BCUT2D eigenvalue weighted by Gasteiger charge is 2.42. The quantitative estimate of drug-likeness (QED) is 0.763. The lowest BCUT2D eigenvalue weighted by atomic mass is 9.84. The van der Waals surface area contributed by atoms with E-state index in [1.165, 1.54) is 0 Å². The maximum absolute atomic E-state index is 12.5. The lowest BCUT2D eigenvalue weighted by molar-refractivity contribution is -0.141. The van der Waals surface area contributed by atoms with Gasteiger partial charge in [-0.3, -0.25) is 4.79 Å². The molecular formula is C13H20N4O. The van der Waals surface area contributed by atoms with Crippen LogP contribution in [0.25, 0.3) is 0 Å². The van der Waals surface area contributed by atoms with Gasteiger partial charge in [0.15, 0.2) is 0 Å². The number of nitrogens with zero attached hydrogens (tertiary/aromatic N) is 3. The van der Waals surface area contributed by atoms with Crippen LogP contribution in [0.3, 0.4) is 0 Å². The largest absolute Gasteiger partial charge is 0.340 e. The number of carbonyl (C=O) groups excluding carboxylic acids is 1. The van der Waals surface area contributed by atoms with Crippen molar-refractivity contribution in [2.24, 2.45) is 11.1 Å². The predicted octanol–water partition coefficient (Wildman–Crippen LogP) is 1.16. The molecule has 0 unspecified atom stereocenters. The second-order valence-corrected chi connectivity index (χ2v) is 4.80. The van der Waals surface area contributed by atoms with Gasteiger partial charge in [-0.15, -0.1) is 0 Å². The Morgan fingerprint density at radius 1 is 1.17 bits per heavy atom. The van der Waals surface area contributed by atoms with Crippen molar-refractivity contribution in [2.45, 2.75) is 38.5 Å². The SMILES string of the molecule is N#CCCN(CCC#N)C(=O)C1(CN)CCCC1. The second kappa shape index (κ2) is 6.98. The first-order valence-corrected chi connectivity index (χ1v) is 6.43. The molecule has 0 bridgehead atoms. The molecule has 1 rings (SSSR count). The van der Waals surface area contributed by atoms with Crippen molar-refractivity contribution in [3.8, 4) is 12.1 Å². The summed E-state index contributed by atoms with van der Waals surface area (Å²) in [5.74, 6) is 0.0352. The zero-order valence-electron chi connectivity index (χ0n) is 10.7. The van der Waals surface area contributed by atoms with Crippen LogP contribution in [0.5, 0.6) is 0 Å². The van der Waals surface area contributed by atoms with Crippen LogP contribution >= 0.6 is 0 Å². The fourth-order valence-electron chi connectivity index (χ4n) is 2.58. The number of carbonyl (C=O) groups is 1. The minimum absolute atomic E-state index is 0.0352. The van der Waals surface area contributed by atoms with Gasteiger partial charge in [0.1, 0.15) is 0 Å². The highest BCUT2D eigenvalue weighted by molar-refractivity contribution is 5.83. The van der Waals surface area contributed by atoms with Crippen molar-refractivity contribution < 1.29 is 4.79 Å². The molecule has 2 N–H and O–H groups in total. The summed E-state index contributed by atoms with van der Waals surface area (Å²) >= 11 is 0. The summed E-state index contributed by atoms with van der Waals surface area (Å²) in [6, 6.07) is 4.09. The zero-order chi connectivity index (χ0) is 13.4. The van der Waals surface area contributed by atoms with Crippen LogP contribution in [-0.4, -0.2) is 30.4 Å². The topological polar surface area (TPSA) is 93.9 Å². The summed E-state index contributed by atoms with van der Waals surface area (Å²) in [5, 5.41) is 17.3. The van der Waals surface area contributed by atoms with E-state index in [9.17, 15) is 4.79 Å². The molecule has 0 aromatic carbocycles. The molecule has 0 saturated heterocycles. The molecule has 18 heavy (non-hydrogen) atoms. The number of rotatable bonds is 6. The van der Waals surface area contributed by atoms with E-state index in [0.717, 1.165) is 25.7 Å². The van der Waals surface area contributed by atoms with Gasteiger partial charge in [-0.05, 0) is 12.8 Å². The minimum atomic E-state index is -0.440. The van der Waals surface area contributed by atoms with Crippen molar-refractivity contribution in [2.75, 3.05) is 19.6 Å². The number of hydrogen-bond donors (Lipinski definition) is 1. The fourth-order valence-corrected chi connectivity index (χ4v) is 2.58. The Kier molecular flexibility index (Phi) is 5.61. The summed E-state index contributed by atoms with van der Waals surface area (Å²) < 4.78 is 0. The lowest BCUT2D eigenvalue weighted by Gasteiger charge is -2.32. The molecule has 0 aliphatic heterocycles. The van der Waals surface area contributed by atoms with E-state index in [4.69, 9.17) is 16.3 Å². The maximum Gasteiger partial charge on any atom is 0.230 e. The minimum Gasteiger partial charge on any atom is -0.340 e. The summed E-state index contributed by atoms with van der Waals surface area (Å²) in [5.41, 5.74) is 5.35. The maximum atomic E-state index is 12.5. The predicted molar refractivity (Wildman–Crippen MR) is 67.0 cm³/mol. The van der Waals surface area contributed by atoms with E-state index in [0.29, 0.717) is 32.5 Å². The van der Waals surface area contributed by atoms with Gasteiger partial charge in [-0.2, -0.15) is 10.5 Å². The third-order valence-electron chi connectivity index (χ3n) is 3.68. The standard InChI is InChI=1S/C13H20N4O/c14-7-3-9-17(10-4-8-15)12(18)13(11-16)5-1-2-6-13/h1-6,9-11,16H2. The number of nitrogens with two attached hydrogens (primary N) is 1. The van der Waals surface area contributed by atoms with Gasteiger partial charge in [0.2, 0.25) is 5.91 Å². The van der Waals surface area contributed by atoms with Crippen LogP contribution in [0, 0.1) is 28.1 Å². The van der Waals surface area contributed by atoms with Gasteiger partial charge in [0.25, 0.3) is 0 Å². The molecule has 0 spiro atoms. The Morgan fingerprint density at radius 2 is 1.67 bits per heavy atom. The van der Waals surface area contributed by atoms with E-state index >= 15 is 0 Å². The Balaban J connectivity index is 2.73. The zero-order valence-corrected chi connectivity index (χ0v) is 10.7. The van der Waals surface area contributed by atoms with Crippen LogP contribution in [0.2, 0.25) is 0 Å². The second-order valence-electron chi connectivity index (χ2n) is 4.80. The molecule has 1 fully saturated rings. The summed E-state index contributed by atoms with van der Waals surface area (Å²) in [4.78, 5) is 14.2. The molecule has 0 aromatic rings. The van der Waals surface area contributed by atoms with Gasteiger partial charge < -0.3 is 10.6 Å². The van der Waals surface area contributed by atoms with E-state index in [-0.39, 0.29) is 5.91 Å². The molecule has 98 valence electrons. The highest BCUT2D eigenvalue weighted by atomic mass is 16.2. The summed E-state index contributed by atoms with van der Waals surface area (Å²) in [6.45, 7) is 1.17. The number of hydrogen-bond acceptors (Lipinski definition) is 4. The van der Waals surface area contributed by atoms with Crippen LogP contribution in [-0.2, 0) is 4.79 Å². The molecule has 1 saturated carbocycles. The Hall–Kier alpha value is -1.59. The molecule has 1 aliphatic rings. The first-order valence-electron chi connectivity index (χ1n) is 6.43. The first kappa shape index (κ1) is 14.5. The van der Waals surface area contributed by atoms with Crippen molar-refractivity contribution >= 4 is 5.91 Å². The third kappa shape index (κ3) is 3.21. The van der Waals surface area contributed by atoms with E-state index in [1.807, 2.05) is 12.1 Å². The van der Waals surface area contributed by atoms with Crippen molar-refractivity contribution in [3.63, 3.8) is 0 Å². The highest BCUT2D eigenvalue weighted by Crippen LogP contribution is 2.38. The first-order chi connectivity index (χ1) is 8.70. The van der Waals surface area contributed by atoms with Gasteiger partial charge in [0.05, 0.1) is 30.4 Å². The number of nitriles is 2. The molecule has 1 amide bonds. The summed E-state index contributed by atoms with van der Waals surface area (Å²) in [7, 11) is 0. The van der Waals surface area contributed by atoms with Gasteiger partial charge in [0, 0.05) is 19.6 Å². The molecule has 0 aromatic heterocycles. The van der Waals surface area contributed by atoms with Crippen molar-refractivity contribution in [1.82, 2.24) is 4.90 Å². The monoisotopic (exact) mass is 248 g/mol. The van der Waals surface area contributed by atoms with Crippen LogP contribution in [0.15, 0.2) is 0 Å². The number of amides is 1. The average molecular weight is 248 g/mol. The van der Waals surface area contributed by atoms with E-state index in [2.05, 4.69) is 0 Å². The normalized spacial score (nSPS) is 16.8. The molecule has 1 aliphatic carbocycles. The summed E-state index contributed by atoms with van der Waals surface area (Å²) in [6.07, 6.45) is 4.34. The smallest absolute Gasteiger partial charge is 0.230 e. The molecule has 0 heterocycles. The Labute approximate surface area is 108 Å². The molecule has 0 radical (unpaired) electrons. The molecule has 5 nitrogen and oxygen atoms in total. The molecule has 5 heteroatoms. The van der Waals surface area contributed by atoms with Gasteiger partial charge in [-0.25, -0.2) is 0 Å². The lowest BCUT2D eigenvalue weighted by Crippen LogP contribution is -2.47. The van der Waals surface area contributed by atoms with Crippen molar-refractivity contribution in [3.05, 3.63) is 0 Å². The Morgan fingerprint density at radius 3 is 2.06 bits per heavy atom. The van der Waals surface area contributed by atoms with E-state index < -0.39 is 5.41 Å². The van der Waals surface area contributed by atoms with Crippen LogP contribution in [0.4, 0.5) is 0 Å². The van der Waals surface area contributed by atoms with E-state index in [1.54, 1.807) is 4.90 Å². The van der Waals surface area contributed by atoms with Crippen LogP contribution in [0.1, 0.15) is 38.5 Å². The fraction of sp³-hybridized carbons (Fsp3) is 0.769. The third-order valence-corrected chi connectivity index (χ3v) is 3.68. The molecular weight excluding hydrogens is 228 g/mol. The van der Waals surface area contributed by atoms with Gasteiger partial charge >= 0.3 is 0 Å². The Bertz CT molecular complexity index is 342. The van der Waals surface area contributed by atoms with Crippen LogP contribution < -0.4 is 5.73 Å². The average Bonchev–Trinajstić information content (AvgIpc) is 2.88. The van der Waals surface area contributed by atoms with Crippen molar-refractivity contribution in [1.29, 1.82) is 10.5 Å².